The molecule has 2 aromatic carbocycles. The predicted octanol–water partition coefficient (Wildman–Crippen LogP) is 6.58. The second-order valence-corrected chi connectivity index (χ2v) is 9.46. The van der Waals surface area contributed by atoms with Crippen LogP contribution in [0.25, 0.3) is 16.7 Å². The molecular weight excluding hydrogens is 358 g/mol. The Balaban J connectivity index is 2.21. The molecule has 4 rings (SSSR count). The van der Waals surface area contributed by atoms with Gasteiger partial charge < -0.3 is 15.2 Å². The minimum Gasteiger partial charge on any atom is -0.460 e. The van der Waals surface area contributed by atoms with E-state index in [-0.39, 0.29) is 5.54 Å². The molecule has 2 N–H and O–H groups in total. The molecule has 0 aliphatic carbocycles. The summed E-state index contributed by atoms with van der Waals surface area (Å²) in [4.78, 5) is 0. The summed E-state index contributed by atoms with van der Waals surface area (Å²) < 4.78 is 6.21. The van der Waals surface area contributed by atoms with Gasteiger partial charge in [0, 0.05) is 22.4 Å². The lowest BCUT2D eigenvalue weighted by molar-refractivity contribution is -0.0221. The first-order valence-corrected chi connectivity index (χ1v) is 10.5. The number of nitrogens with one attached hydrogen (secondary N) is 1. The molecule has 29 heavy (non-hydrogen) atoms. The van der Waals surface area contributed by atoms with Crippen LogP contribution < -0.4 is 10.1 Å². The Kier molecular flexibility index (Phi) is 4.23. The molecule has 0 aromatic heterocycles. The summed E-state index contributed by atoms with van der Waals surface area (Å²) in [6.45, 7) is 21.7. The lowest BCUT2D eigenvalue weighted by atomic mass is 9.75. The smallest absolute Gasteiger partial charge is 0.225 e. The van der Waals surface area contributed by atoms with Gasteiger partial charge in [-0.25, -0.2) is 0 Å². The van der Waals surface area contributed by atoms with Gasteiger partial charge in [0.05, 0.1) is 5.54 Å². The summed E-state index contributed by atoms with van der Waals surface area (Å²) in [6, 6.07) is 0. The molecule has 2 heterocycles. The van der Waals surface area contributed by atoms with Crippen molar-refractivity contribution in [2.45, 2.75) is 81.1 Å². The van der Waals surface area contributed by atoms with E-state index in [1.807, 2.05) is 0 Å². The van der Waals surface area contributed by atoms with Crippen LogP contribution in [0.4, 0.5) is 5.69 Å². The van der Waals surface area contributed by atoms with Crippen LogP contribution in [0.15, 0.2) is 5.57 Å². The van der Waals surface area contributed by atoms with Gasteiger partial charge in [0.1, 0.15) is 5.75 Å². The predicted molar refractivity (Wildman–Crippen MR) is 122 cm³/mol. The number of hydrogen-bond donors (Lipinski definition) is 2. The molecule has 0 fully saturated rings. The van der Waals surface area contributed by atoms with E-state index < -0.39 is 6.29 Å². The largest absolute Gasteiger partial charge is 0.460 e. The molecule has 1 unspecified atom stereocenters. The fourth-order valence-electron chi connectivity index (χ4n) is 5.10. The number of fused-ring (bicyclic) bond motifs is 5. The maximum atomic E-state index is 11.2. The molecule has 0 amide bonds. The fraction of sp³-hybridized carbons (Fsp3) is 0.462. The molecule has 0 saturated carbocycles. The van der Waals surface area contributed by atoms with Crippen LogP contribution in [-0.2, 0) is 0 Å². The van der Waals surface area contributed by atoms with Crippen molar-refractivity contribution in [3.63, 3.8) is 0 Å². The molecule has 154 valence electrons. The summed E-state index contributed by atoms with van der Waals surface area (Å²) >= 11 is 0. The lowest BCUT2D eigenvalue weighted by Gasteiger charge is -2.41. The van der Waals surface area contributed by atoms with Crippen LogP contribution >= 0.6 is 0 Å². The number of rotatable bonds is 0. The third-order valence-electron chi connectivity index (χ3n) is 7.77. The number of benzene rings is 2. The van der Waals surface area contributed by atoms with Crippen molar-refractivity contribution in [2.75, 3.05) is 5.32 Å². The topological polar surface area (TPSA) is 41.5 Å². The second-order valence-electron chi connectivity index (χ2n) is 9.46. The lowest BCUT2D eigenvalue weighted by Crippen LogP contribution is -2.37. The van der Waals surface area contributed by atoms with Crippen LogP contribution in [0.2, 0.25) is 0 Å². The average molecular weight is 392 g/mol. The molecule has 0 spiro atoms. The highest BCUT2D eigenvalue weighted by Gasteiger charge is 2.38. The van der Waals surface area contributed by atoms with Gasteiger partial charge in [-0.15, -0.1) is 0 Å². The molecule has 0 radical (unpaired) electrons. The zero-order valence-electron chi connectivity index (χ0n) is 19.4. The third-order valence-corrected chi connectivity index (χ3v) is 7.77. The van der Waals surface area contributed by atoms with E-state index in [9.17, 15) is 5.11 Å². The number of anilines is 1. The van der Waals surface area contributed by atoms with Gasteiger partial charge in [-0.1, -0.05) is 0 Å². The van der Waals surface area contributed by atoms with Crippen molar-refractivity contribution in [2.24, 2.45) is 0 Å². The minimum absolute atomic E-state index is 0.124. The third kappa shape index (κ3) is 2.46. The average Bonchev–Trinajstić information content (AvgIpc) is 2.66. The zero-order valence-corrected chi connectivity index (χ0v) is 19.4. The van der Waals surface area contributed by atoms with Crippen molar-refractivity contribution in [3.8, 4) is 16.9 Å². The zero-order chi connectivity index (χ0) is 21.6. The summed E-state index contributed by atoms with van der Waals surface area (Å²) in [5.74, 6) is 0.829. The maximum absolute atomic E-state index is 11.2. The summed E-state index contributed by atoms with van der Waals surface area (Å²) in [6.07, 6.45) is -0.975. The Bertz CT molecular complexity index is 1120. The van der Waals surface area contributed by atoms with Crippen molar-refractivity contribution < 1.29 is 9.84 Å². The van der Waals surface area contributed by atoms with Crippen LogP contribution in [0.3, 0.4) is 0 Å². The van der Waals surface area contributed by atoms with Gasteiger partial charge in [-0.2, -0.15) is 0 Å². The Labute approximate surface area is 174 Å². The standard InChI is InChI=1S/C26H33NO2/c1-11-12(2)16(6)24-21(13(11)3)19-14(4)15(5)23-20(22(19)25(28)29-24)17(7)18(8)26(9,10)27-23/h25,27-28H,1-10H3. The molecule has 0 bridgehead atoms. The first kappa shape index (κ1) is 20.0. The number of aliphatic hydroxyl groups excluding tert-OH is 1. The van der Waals surface area contributed by atoms with Crippen molar-refractivity contribution in [1.29, 1.82) is 0 Å². The molecule has 3 nitrogen and oxygen atoms in total. The van der Waals surface area contributed by atoms with Crippen molar-refractivity contribution in [1.82, 2.24) is 0 Å². The van der Waals surface area contributed by atoms with Crippen LogP contribution in [0.1, 0.15) is 78.5 Å². The normalized spacial score (nSPS) is 19.2. The van der Waals surface area contributed by atoms with Gasteiger partial charge >= 0.3 is 0 Å². The minimum atomic E-state index is -0.975. The van der Waals surface area contributed by atoms with E-state index in [2.05, 4.69) is 74.6 Å². The number of hydrogen-bond acceptors (Lipinski definition) is 3. The maximum Gasteiger partial charge on any atom is 0.225 e. The van der Waals surface area contributed by atoms with Gasteiger partial charge in [-0.3, -0.25) is 0 Å². The monoisotopic (exact) mass is 391 g/mol. The number of aliphatic hydroxyl groups is 1. The van der Waals surface area contributed by atoms with Crippen molar-refractivity contribution in [3.05, 3.63) is 50.1 Å². The Morgan fingerprint density at radius 3 is 1.90 bits per heavy atom. The number of allylic oxidation sites excluding steroid dienone is 1. The summed E-state index contributed by atoms with van der Waals surface area (Å²) in [7, 11) is 0. The summed E-state index contributed by atoms with van der Waals surface area (Å²) in [5, 5.41) is 15.0. The summed E-state index contributed by atoms with van der Waals surface area (Å²) in [5.41, 5.74) is 15.2. The van der Waals surface area contributed by atoms with Gasteiger partial charge in [0.15, 0.2) is 0 Å². The molecular formula is C26H33NO2. The highest BCUT2D eigenvalue weighted by molar-refractivity contribution is 5.95. The number of ether oxygens (including phenoxy) is 1. The van der Waals surface area contributed by atoms with E-state index in [1.54, 1.807) is 0 Å². The first-order chi connectivity index (χ1) is 13.4. The van der Waals surface area contributed by atoms with Crippen LogP contribution in [0.5, 0.6) is 5.75 Å². The van der Waals surface area contributed by atoms with Gasteiger partial charge in [-0.05, 0) is 119 Å². The van der Waals surface area contributed by atoms with E-state index in [4.69, 9.17) is 4.74 Å². The van der Waals surface area contributed by atoms with Gasteiger partial charge in [0.2, 0.25) is 6.29 Å². The van der Waals surface area contributed by atoms with Crippen LogP contribution in [-0.4, -0.2) is 10.6 Å². The Morgan fingerprint density at radius 1 is 0.724 bits per heavy atom. The highest BCUT2D eigenvalue weighted by Crippen LogP contribution is 2.54. The SMILES string of the molecule is CC1=C(C)C(C)(C)Nc2c(C)c(C)c3c(c21)C(O)Oc1c(C)c(C)c(C)c(C)c1-3. The fourth-order valence-corrected chi connectivity index (χ4v) is 5.10. The molecule has 3 heteroatoms. The quantitative estimate of drug-likeness (QED) is 0.532. The second kappa shape index (κ2) is 6.12. The van der Waals surface area contributed by atoms with Crippen molar-refractivity contribution >= 4 is 11.3 Å². The highest BCUT2D eigenvalue weighted by atomic mass is 16.6. The van der Waals surface area contributed by atoms with E-state index in [0.29, 0.717) is 0 Å². The van der Waals surface area contributed by atoms with Gasteiger partial charge in [0.25, 0.3) is 0 Å². The van der Waals surface area contributed by atoms with E-state index in [1.165, 1.54) is 39.0 Å². The Hall–Kier alpha value is -2.26. The molecule has 2 aliphatic heterocycles. The molecule has 2 aromatic rings. The molecule has 2 aliphatic rings. The Morgan fingerprint density at radius 2 is 1.28 bits per heavy atom. The first-order valence-electron chi connectivity index (χ1n) is 10.5. The molecule has 1 atom stereocenters. The molecule has 0 saturated heterocycles. The van der Waals surface area contributed by atoms with E-state index >= 15 is 0 Å². The van der Waals surface area contributed by atoms with E-state index in [0.717, 1.165) is 39.3 Å². The van der Waals surface area contributed by atoms with Crippen LogP contribution in [0, 0.1) is 41.5 Å².